The molecule has 0 aliphatic heterocycles. The van der Waals surface area contributed by atoms with Gasteiger partial charge in [0.15, 0.2) is 0 Å². The lowest BCUT2D eigenvalue weighted by Gasteiger charge is -2.27. The molecular formula is C15H23Cl2NO. The normalized spacial score (nSPS) is 13.6. The van der Waals surface area contributed by atoms with E-state index in [9.17, 15) is 0 Å². The van der Waals surface area contributed by atoms with Crippen molar-refractivity contribution < 1.29 is 4.74 Å². The number of nitrogens with one attached hydrogen (secondary N) is 1. The van der Waals surface area contributed by atoms with E-state index in [2.05, 4.69) is 26.1 Å². The molecule has 0 aliphatic carbocycles. The molecule has 0 bridgehead atoms. The summed E-state index contributed by atoms with van der Waals surface area (Å²) in [4.78, 5) is 0. The molecule has 1 aromatic carbocycles. The highest BCUT2D eigenvalue weighted by molar-refractivity contribution is 6.36. The van der Waals surface area contributed by atoms with Crippen LogP contribution in [0.3, 0.4) is 0 Å². The molecule has 1 unspecified atom stereocenters. The predicted octanol–water partition coefficient (Wildman–Crippen LogP) is 4.85. The number of hydrogen-bond acceptors (Lipinski definition) is 2. The summed E-state index contributed by atoms with van der Waals surface area (Å²) in [6.07, 6.45) is 1.86. The zero-order valence-corrected chi connectivity index (χ0v) is 13.6. The summed E-state index contributed by atoms with van der Waals surface area (Å²) in [6, 6.07) is 5.79. The van der Waals surface area contributed by atoms with Crippen LogP contribution in [0.4, 0.5) is 0 Å². The van der Waals surface area contributed by atoms with Gasteiger partial charge in [-0.25, -0.2) is 0 Å². The third kappa shape index (κ3) is 4.96. The largest absolute Gasteiger partial charge is 0.379 e. The summed E-state index contributed by atoms with van der Waals surface area (Å²) in [5.74, 6) is 0. The second-order valence-electron chi connectivity index (χ2n) is 5.25. The molecule has 0 amide bonds. The van der Waals surface area contributed by atoms with Gasteiger partial charge in [0.1, 0.15) is 0 Å². The minimum atomic E-state index is -0.137. The van der Waals surface area contributed by atoms with Crippen molar-refractivity contribution in [3.63, 3.8) is 0 Å². The molecule has 0 saturated carbocycles. The maximum atomic E-state index is 6.29. The molecule has 0 aromatic heterocycles. The average molecular weight is 304 g/mol. The SMILES string of the molecule is CCNC(CCC(C)(C)OC)c1c(Cl)cccc1Cl. The van der Waals surface area contributed by atoms with Crippen LogP contribution in [0.15, 0.2) is 18.2 Å². The highest BCUT2D eigenvalue weighted by atomic mass is 35.5. The fraction of sp³-hybridized carbons (Fsp3) is 0.600. The Morgan fingerprint density at radius 3 is 2.32 bits per heavy atom. The molecule has 1 aromatic rings. The molecule has 0 spiro atoms. The van der Waals surface area contributed by atoms with Gasteiger partial charge in [-0.2, -0.15) is 0 Å². The number of halogens is 2. The van der Waals surface area contributed by atoms with E-state index in [-0.39, 0.29) is 11.6 Å². The van der Waals surface area contributed by atoms with Crippen molar-refractivity contribution >= 4 is 23.2 Å². The Hall–Kier alpha value is -0.280. The van der Waals surface area contributed by atoms with Crippen LogP contribution in [0.5, 0.6) is 0 Å². The molecule has 2 nitrogen and oxygen atoms in total. The van der Waals surface area contributed by atoms with E-state index in [1.165, 1.54) is 0 Å². The summed E-state index contributed by atoms with van der Waals surface area (Å²) in [5.41, 5.74) is 0.848. The quantitative estimate of drug-likeness (QED) is 0.777. The standard InChI is InChI=1S/C15H23Cl2NO/c1-5-18-13(9-10-15(2,3)19-4)14-11(16)7-6-8-12(14)17/h6-8,13,18H,5,9-10H2,1-4H3. The molecule has 1 atom stereocenters. The zero-order valence-electron chi connectivity index (χ0n) is 12.1. The van der Waals surface area contributed by atoms with E-state index in [0.29, 0.717) is 10.0 Å². The Morgan fingerprint density at radius 1 is 1.26 bits per heavy atom. The van der Waals surface area contributed by atoms with E-state index in [4.69, 9.17) is 27.9 Å². The van der Waals surface area contributed by atoms with Gasteiger partial charge in [0.25, 0.3) is 0 Å². The fourth-order valence-corrected chi connectivity index (χ4v) is 2.69. The number of methoxy groups -OCH3 is 1. The van der Waals surface area contributed by atoms with Crippen molar-refractivity contribution in [2.45, 2.75) is 45.3 Å². The van der Waals surface area contributed by atoms with Gasteiger partial charge in [-0.05, 0) is 45.4 Å². The molecule has 1 rings (SSSR count). The van der Waals surface area contributed by atoms with Crippen molar-refractivity contribution in [3.8, 4) is 0 Å². The molecule has 108 valence electrons. The third-order valence-corrected chi connectivity index (χ3v) is 4.05. The van der Waals surface area contributed by atoms with Crippen LogP contribution in [0.2, 0.25) is 10.0 Å². The van der Waals surface area contributed by atoms with Crippen molar-refractivity contribution in [3.05, 3.63) is 33.8 Å². The van der Waals surface area contributed by atoms with Crippen LogP contribution in [-0.2, 0) is 4.74 Å². The molecular weight excluding hydrogens is 281 g/mol. The Labute approximate surface area is 126 Å². The molecule has 19 heavy (non-hydrogen) atoms. The molecule has 1 N–H and O–H groups in total. The van der Waals surface area contributed by atoms with Crippen molar-refractivity contribution in [1.29, 1.82) is 0 Å². The van der Waals surface area contributed by atoms with E-state index in [0.717, 1.165) is 24.9 Å². The van der Waals surface area contributed by atoms with Crippen LogP contribution in [0.25, 0.3) is 0 Å². The Kier molecular flexibility index (Phi) is 6.61. The number of ether oxygens (including phenoxy) is 1. The van der Waals surface area contributed by atoms with Gasteiger partial charge >= 0.3 is 0 Å². The first-order chi connectivity index (χ1) is 8.91. The van der Waals surface area contributed by atoms with Crippen LogP contribution in [-0.4, -0.2) is 19.3 Å². The number of benzene rings is 1. The summed E-state index contributed by atoms with van der Waals surface area (Å²) >= 11 is 12.6. The van der Waals surface area contributed by atoms with Crippen molar-refractivity contribution in [2.75, 3.05) is 13.7 Å². The summed E-state index contributed by atoms with van der Waals surface area (Å²) in [6.45, 7) is 7.13. The minimum Gasteiger partial charge on any atom is -0.379 e. The molecule has 0 saturated heterocycles. The van der Waals surface area contributed by atoms with E-state index < -0.39 is 0 Å². The molecule has 0 fully saturated rings. The number of hydrogen-bond donors (Lipinski definition) is 1. The molecule has 4 heteroatoms. The van der Waals surface area contributed by atoms with Gasteiger partial charge in [-0.3, -0.25) is 0 Å². The lowest BCUT2D eigenvalue weighted by atomic mass is 9.94. The summed E-state index contributed by atoms with van der Waals surface area (Å²) < 4.78 is 5.47. The zero-order chi connectivity index (χ0) is 14.5. The van der Waals surface area contributed by atoms with Gasteiger partial charge < -0.3 is 10.1 Å². The average Bonchev–Trinajstić information content (AvgIpc) is 2.36. The topological polar surface area (TPSA) is 21.3 Å². The highest BCUT2D eigenvalue weighted by Crippen LogP contribution is 2.34. The maximum absolute atomic E-state index is 6.29. The summed E-state index contributed by atoms with van der Waals surface area (Å²) in [7, 11) is 1.74. The summed E-state index contributed by atoms with van der Waals surface area (Å²) in [5, 5.41) is 4.89. The van der Waals surface area contributed by atoms with Crippen LogP contribution < -0.4 is 5.32 Å². The molecule has 0 heterocycles. The second kappa shape index (κ2) is 7.49. The predicted molar refractivity (Wildman–Crippen MR) is 83.2 cm³/mol. The first-order valence-corrected chi connectivity index (χ1v) is 7.39. The van der Waals surface area contributed by atoms with E-state index in [1.807, 2.05) is 18.2 Å². The van der Waals surface area contributed by atoms with Crippen LogP contribution in [0, 0.1) is 0 Å². The minimum absolute atomic E-state index is 0.137. The van der Waals surface area contributed by atoms with E-state index in [1.54, 1.807) is 7.11 Å². The monoisotopic (exact) mass is 303 g/mol. The maximum Gasteiger partial charge on any atom is 0.0623 e. The van der Waals surface area contributed by atoms with Crippen molar-refractivity contribution in [2.24, 2.45) is 0 Å². The molecule has 0 radical (unpaired) electrons. The van der Waals surface area contributed by atoms with Crippen molar-refractivity contribution in [1.82, 2.24) is 5.32 Å². The smallest absolute Gasteiger partial charge is 0.0623 e. The first-order valence-electron chi connectivity index (χ1n) is 6.63. The van der Waals surface area contributed by atoms with Gasteiger partial charge in [-0.15, -0.1) is 0 Å². The van der Waals surface area contributed by atoms with Gasteiger partial charge in [-0.1, -0.05) is 36.2 Å². The van der Waals surface area contributed by atoms with Crippen LogP contribution >= 0.6 is 23.2 Å². The number of rotatable bonds is 7. The third-order valence-electron chi connectivity index (χ3n) is 3.39. The van der Waals surface area contributed by atoms with Crippen LogP contribution in [0.1, 0.15) is 45.2 Å². The van der Waals surface area contributed by atoms with Gasteiger partial charge in [0, 0.05) is 28.8 Å². The molecule has 0 aliphatic rings. The second-order valence-corrected chi connectivity index (χ2v) is 6.06. The Bertz CT molecular complexity index is 387. The first kappa shape index (κ1) is 16.8. The van der Waals surface area contributed by atoms with E-state index >= 15 is 0 Å². The fourth-order valence-electron chi connectivity index (χ4n) is 2.03. The lowest BCUT2D eigenvalue weighted by Crippen LogP contribution is -2.27. The van der Waals surface area contributed by atoms with Gasteiger partial charge in [0.05, 0.1) is 5.60 Å². The Balaban J connectivity index is 2.88. The highest BCUT2D eigenvalue weighted by Gasteiger charge is 2.22. The lowest BCUT2D eigenvalue weighted by molar-refractivity contribution is 0.0117. The Morgan fingerprint density at radius 2 is 1.84 bits per heavy atom. The van der Waals surface area contributed by atoms with Gasteiger partial charge in [0.2, 0.25) is 0 Å².